The zero-order valence-electron chi connectivity index (χ0n) is 17.1. The van der Waals surface area contributed by atoms with Crippen molar-refractivity contribution in [3.63, 3.8) is 0 Å². The van der Waals surface area contributed by atoms with Gasteiger partial charge in [-0.15, -0.1) is 0 Å². The maximum absolute atomic E-state index is 12.2. The fourth-order valence-electron chi connectivity index (χ4n) is 3.24. The minimum atomic E-state index is -0.553. The summed E-state index contributed by atoms with van der Waals surface area (Å²) >= 11 is 0. The van der Waals surface area contributed by atoms with Gasteiger partial charge in [0.25, 0.3) is 5.91 Å². The number of nitrogens with zero attached hydrogens (tertiary/aromatic N) is 2. The lowest BCUT2D eigenvalue weighted by Crippen LogP contribution is -2.47. The number of carbonyl (C=O) groups excluding carboxylic acids is 3. The maximum atomic E-state index is 12.2. The molecular formula is C20H32N4O4. The number of aryl methyl sites for hydroxylation is 1. The van der Waals surface area contributed by atoms with E-state index in [1.165, 1.54) is 0 Å². The van der Waals surface area contributed by atoms with E-state index in [9.17, 15) is 14.4 Å². The summed E-state index contributed by atoms with van der Waals surface area (Å²) in [6.45, 7) is 3.25. The molecule has 8 nitrogen and oxygen atoms in total. The Bertz CT molecular complexity index is 667. The molecule has 2 N–H and O–H groups in total. The van der Waals surface area contributed by atoms with Gasteiger partial charge < -0.3 is 24.8 Å². The van der Waals surface area contributed by atoms with Crippen molar-refractivity contribution in [1.82, 2.24) is 20.1 Å². The molecule has 1 aliphatic carbocycles. The van der Waals surface area contributed by atoms with Gasteiger partial charge in [0.05, 0.1) is 18.8 Å². The molecule has 0 bridgehead atoms. The Balaban J connectivity index is 1.55. The third kappa shape index (κ3) is 6.67. The quantitative estimate of drug-likeness (QED) is 0.579. The molecule has 1 atom stereocenters. The van der Waals surface area contributed by atoms with Gasteiger partial charge in [0.15, 0.2) is 0 Å². The van der Waals surface area contributed by atoms with E-state index >= 15 is 0 Å². The third-order valence-corrected chi connectivity index (χ3v) is 5.02. The van der Waals surface area contributed by atoms with Crippen molar-refractivity contribution in [1.29, 1.82) is 0 Å². The fraction of sp³-hybridized carbons (Fsp3) is 0.650. The van der Waals surface area contributed by atoms with Gasteiger partial charge in [0, 0.05) is 45.5 Å². The molecule has 1 aromatic heterocycles. The van der Waals surface area contributed by atoms with E-state index in [-0.39, 0.29) is 23.6 Å². The number of hydrogen-bond acceptors (Lipinski definition) is 4. The molecule has 1 aliphatic rings. The van der Waals surface area contributed by atoms with E-state index < -0.39 is 6.04 Å². The predicted molar refractivity (Wildman–Crippen MR) is 106 cm³/mol. The van der Waals surface area contributed by atoms with Gasteiger partial charge in [0.1, 0.15) is 6.04 Å². The normalized spacial score (nSPS) is 15.2. The van der Waals surface area contributed by atoms with Gasteiger partial charge in [-0.05, 0) is 25.8 Å². The molecule has 28 heavy (non-hydrogen) atoms. The summed E-state index contributed by atoms with van der Waals surface area (Å²) in [6.07, 6.45) is 7.61. The van der Waals surface area contributed by atoms with Gasteiger partial charge in [0.2, 0.25) is 11.8 Å². The van der Waals surface area contributed by atoms with Crippen molar-refractivity contribution in [2.75, 3.05) is 33.4 Å². The van der Waals surface area contributed by atoms with Crippen LogP contribution in [0.15, 0.2) is 18.5 Å². The Morgan fingerprint density at radius 1 is 1.29 bits per heavy atom. The fourth-order valence-corrected chi connectivity index (χ4v) is 3.24. The van der Waals surface area contributed by atoms with Crippen molar-refractivity contribution in [3.05, 3.63) is 24.0 Å². The second-order valence-corrected chi connectivity index (χ2v) is 7.41. The first-order valence-corrected chi connectivity index (χ1v) is 9.91. The van der Waals surface area contributed by atoms with Gasteiger partial charge in [-0.1, -0.05) is 12.8 Å². The third-order valence-electron chi connectivity index (χ3n) is 5.02. The molecule has 1 heterocycles. The second kappa shape index (κ2) is 10.8. The Hall–Kier alpha value is -2.35. The average molecular weight is 393 g/mol. The van der Waals surface area contributed by atoms with Crippen LogP contribution in [-0.4, -0.2) is 66.6 Å². The highest BCUT2D eigenvalue weighted by Gasteiger charge is 2.25. The Morgan fingerprint density at radius 3 is 2.64 bits per heavy atom. The van der Waals surface area contributed by atoms with E-state index in [1.807, 2.05) is 17.8 Å². The zero-order chi connectivity index (χ0) is 20.5. The first-order valence-electron chi connectivity index (χ1n) is 9.91. The van der Waals surface area contributed by atoms with Crippen LogP contribution >= 0.6 is 0 Å². The Labute approximate surface area is 166 Å². The van der Waals surface area contributed by atoms with E-state index in [0.717, 1.165) is 25.7 Å². The Morgan fingerprint density at radius 2 is 2.00 bits per heavy atom. The van der Waals surface area contributed by atoms with Crippen molar-refractivity contribution >= 4 is 17.7 Å². The largest absolute Gasteiger partial charge is 0.378 e. The van der Waals surface area contributed by atoms with Gasteiger partial charge >= 0.3 is 0 Å². The summed E-state index contributed by atoms with van der Waals surface area (Å²) in [5.41, 5.74) is 0.644. The van der Waals surface area contributed by atoms with Gasteiger partial charge in [-0.25, -0.2) is 0 Å². The molecular weight excluding hydrogens is 360 g/mol. The van der Waals surface area contributed by atoms with E-state index in [0.29, 0.717) is 31.9 Å². The van der Waals surface area contributed by atoms with Crippen LogP contribution in [0, 0.1) is 5.92 Å². The molecule has 2 rings (SSSR count). The summed E-state index contributed by atoms with van der Waals surface area (Å²) in [4.78, 5) is 37.9. The Kier molecular flexibility index (Phi) is 8.50. The molecule has 0 radical (unpaired) electrons. The number of likely N-dealkylation sites (N-methyl/N-ethyl adjacent to an activating group) is 1. The van der Waals surface area contributed by atoms with Gasteiger partial charge in [-0.2, -0.15) is 0 Å². The maximum Gasteiger partial charge on any atom is 0.255 e. The predicted octanol–water partition coefficient (Wildman–Crippen LogP) is 0.925. The lowest BCUT2D eigenvalue weighted by Gasteiger charge is -2.18. The second-order valence-electron chi connectivity index (χ2n) is 7.41. The molecule has 0 aromatic carbocycles. The number of amides is 3. The average Bonchev–Trinajstić information content (AvgIpc) is 3.35. The molecule has 0 saturated heterocycles. The molecule has 1 fully saturated rings. The molecule has 8 heteroatoms. The molecule has 156 valence electrons. The van der Waals surface area contributed by atoms with Crippen LogP contribution in [0.25, 0.3) is 0 Å². The summed E-state index contributed by atoms with van der Waals surface area (Å²) in [6, 6.07) is 1.23. The molecule has 1 saturated carbocycles. The van der Waals surface area contributed by atoms with Crippen LogP contribution in [0.4, 0.5) is 0 Å². The van der Waals surface area contributed by atoms with Crippen LogP contribution in [-0.2, 0) is 21.4 Å². The first-order chi connectivity index (χ1) is 13.4. The van der Waals surface area contributed by atoms with Crippen LogP contribution in [0.5, 0.6) is 0 Å². The molecule has 1 aromatic rings. The number of carbonyl (C=O) groups is 3. The number of rotatable bonds is 10. The summed E-state index contributed by atoms with van der Waals surface area (Å²) in [5, 5.41) is 5.54. The van der Waals surface area contributed by atoms with Crippen molar-refractivity contribution in [3.8, 4) is 0 Å². The minimum Gasteiger partial charge on any atom is -0.378 e. The highest BCUT2D eigenvalue weighted by Crippen LogP contribution is 2.24. The smallest absolute Gasteiger partial charge is 0.255 e. The molecule has 0 aliphatic heterocycles. The summed E-state index contributed by atoms with van der Waals surface area (Å²) < 4.78 is 7.32. The standard InChI is InChI=1S/C20H32N4O4/c1-15(22-19(26)16-6-4-5-7-16)18(25)21-9-12-28-13-11-24(3)20(27)17-8-10-23(2)14-17/h8,10,14-16H,4-7,9,11-13H2,1-3H3,(H,21,25)(H,22,26). The summed E-state index contributed by atoms with van der Waals surface area (Å²) in [5.74, 6) is -0.243. The van der Waals surface area contributed by atoms with Crippen LogP contribution in [0.2, 0.25) is 0 Å². The lowest BCUT2D eigenvalue weighted by atomic mass is 10.1. The monoisotopic (exact) mass is 392 g/mol. The van der Waals surface area contributed by atoms with Crippen LogP contribution in [0.3, 0.4) is 0 Å². The zero-order valence-corrected chi connectivity index (χ0v) is 17.1. The number of ether oxygens (including phenoxy) is 1. The van der Waals surface area contributed by atoms with Crippen molar-refractivity contribution in [2.45, 2.75) is 38.6 Å². The van der Waals surface area contributed by atoms with Crippen molar-refractivity contribution < 1.29 is 19.1 Å². The summed E-state index contributed by atoms with van der Waals surface area (Å²) in [7, 11) is 3.60. The molecule has 0 spiro atoms. The van der Waals surface area contributed by atoms with Crippen LogP contribution in [0.1, 0.15) is 43.0 Å². The van der Waals surface area contributed by atoms with E-state index in [4.69, 9.17) is 4.74 Å². The van der Waals surface area contributed by atoms with E-state index in [1.54, 1.807) is 31.1 Å². The minimum absolute atomic E-state index is 0.0254. The van der Waals surface area contributed by atoms with Crippen LogP contribution < -0.4 is 10.6 Å². The first kappa shape index (κ1) is 21.9. The highest BCUT2D eigenvalue weighted by atomic mass is 16.5. The topological polar surface area (TPSA) is 92.7 Å². The van der Waals surface area contributed by atoms with E-state index in [2.05, 4.69) is 10.6 Å². The molecule has 1 unspecified atom stereocenters. The van der Waals surface area contributed by atoms with Crippen molar-refractivity contribution in [2.24, 2.45) is 13.0 Å². The lowest BCUT2D eigenvalue weighted by molar-refractivity contribution is -0.130. The SMILES string of the molecule is CC(NC(=O)C1CCCC1)C(=O)NCCOCCN(C)C(=O)c1ccn(C)c1. The van der Waals surface area contributed by atoms with Gasteiger partial charge in [-0.3, -0.25) is 14.4 Å². The number of nitrogens with one attached hydrogen (secondary N) is 2. The highest BCUT2D eigenvalue weighted by molar-refractivity contribution is 5.93. The number of aromatic nitrogens is 1. The number of hydrogen-bond donors (Lipinski definition) is 2. The molecule has 3 amide bonds.